The molecular formula is C18H26ClNO3. The number of hydrogen-bond donors (Lipinski definition) is 0. The molecule has 2 rings (SSSR count). The van der Waals surface area contributed by atoms with Crippen molar-refractivity contribution in [3.05, 3.63) is 28.8 Å². The summed E-state index contributed by atoms with van der Waals surface area (Å²) in [5, 5.41) is 0.555. The van der Waals surface area contributed by atoms with Crippen LogP contribution in [0.3, 0.4) is 0 Å². The molecule has 128 valence electrons. The van der Waals surface area contributed by atoms with Crippen molar-refractivity contribution in [1.29, 1.82) is 0 Å². The maximum Gasteiger partial charge on any atom is 0.227 e. The van der Waals surface area contributed by atoms with Gasteiger partial charge in [-0.3, -0.25) is 4.79 Å². The molecule has 0 spiro atoms. The quantitative estimate of drug-likeness (QED) is 0.793. The van der Waals surface area contributed by atoms with Gasteiger partial charge in [-0.1, -0.05) is 23.7 Å². The Hall–Kier alpha value is -1.26. The molecule has 1 saturated heterocycles. The van der Waals surface area contributed by atoms with Crippen molar-refractivity contribution in [3.63, 3.8) is 0 Å². The number of amides is 1. The first kappa shape index (κ1) is 18.1. The molecule has 1 heterocycles. The predicted molar refractivity (Wildman–Crippen MR) is 92.1 cm³/mol. The van der Waals surface area contributed by atoms with E-state index in [2.05, 4.69) is 13.8 Å². The topological polar surface area (TPSA) is 38.8 Å². The molecule has 4 nitrogen and oxygen atoms in total. The van der Waals surface area contributed by atoms with E-state index in [1.165, 1.54) is 0 Å². The van der Waals surface area contributed by atoms with Crippen LogP contribution < -0.4 is 4.74 Å². The van der Waals surface area contributed by atoms with Gasteiger partial charge in [0.1, 0.15) is 5.75 Å². The third-order valence-electron chi connectivity index (χ3n) is 4.11. The summed E-state index contributed by atoms with van der Waals surface area (Å²) < 4.78 is 11.1. The number of ether oxygens (including phenoxy) is 2. The summed E-state index contributed by atoms with van der Waals surface area (Å²) in [6.45, 7) is 8.02. The molecule has 1 aromatic rings. The van der Waals surface area contributed by atoms with E-state index in [0.29, 0.717) is 23.8 Å². The van der Waals surface area contributed by atoms with Gasteiger partial charge in [0, 0.05) is 30.9 Å². The summed E-state index contributed by atoms with van der Waals surface area (Å²) in [7, 11) is 0. The van der Waals surface area contributed by atoms with Crippen molar-refractivity contribution in [3.8, 4) is 5.75 Å². The summed E-state index contributed by atoms with van der Waals surface area (Å²) >= 11 is 6.22. The molecule has 0 atom stereocenters. The fourth-order valence-electron chi connectivity index (χ4n) is 3.13. The van der Waals surface area contributed by atoms with Gasteiger partial charge in [-0.25, -0.2) is 0 Å². The number of benzene rings is 1. The van der Waals surface area contributed by atoms with E-state index < -0.39 is 0 Å². The maximum atomic E-state index is 12.9. The van der Waals surface area contributed by atoms with E-state index in [-0.39, 0.29) is 18.0 Å². The van der Waals surface area contributed by atoms with Gasteiger partial charge in [0.05, 0.1) is 18.1 Å². The predicted octanol–water partition coefficient (Wildman–Crippen LogP) is 3.70. The first-order chi connectivity index (χ1) is 11.0. The monoisotopic (exact) mass is 339 g/mol. The summed E-state index contributed by atoms with van der Waals surface area (Å²) in [6, 6.07) is 5.99. The van der Waals surface area contributed by atoms with E-state index in [4.69, 9.17) is 21.1 Å². The lowest BCUT2D eigenvalue weighted by Crippen LogP contribution is -2.47. The standard InChI is InChI=1S/C18H26ClNO3/c1-4-23-18-14(6-5-7-16(18)19)12-17(21)20(13(2)3)15-8-10-22-11-9-15/h5-7,13,15H,4,8-12H2,1-3H3. The number of nitrogens with zero attached hydrogens (tertiary/aromatic N) is 1. The molecule has 0 unspecified atom stereocenters. The summed E-state index contributed by atoms with van der Waals surface area (Å²) in [4.78, 5) is 14.9. The number of rotatable bonds is 6. The van der Waals surface area contributed by atoms with Gasteiger partial charge in [-0.05, 0) is 39.7 Å². The average Bonchev–Trinajstić information content (AvgIpc) is 2.51. The molecule has 1 aromatic carbocycles. The van der Waals surface area contributed by atoms with Crippen LogP contribution >= 0.6 is 11.6 Å². The Balaban J connectivity index is 2.17. The Morgan fingerprint density at radius 3 is 2.70 bits per heavy atom. The zero-order valence-electron chi connectivity index (χ0n) is 14.2. The van der Waals surface area contributed by atoms with Gasteiger partial charge >= 0.3 is 0 Å². The van der Waals surface area contributed by atoms with E-state index in [1.54, 1.807) is 6.07 Å². The number of para-hydroxylation sites is 1. The first-order valence-corrected chi connectivity index (χ1v) is 8.71. The van der Waals surface area contributed by atoms with Crippen LogP contribution in [-0.4, -0.2) is 42.7 Å². The fraction of sp³-hybridized carbons (Fsp3) is 0.611. The molecule has 0 aromatic heterocycles. The molecule has 0 saturated carbocycles. The van der Waals surface area contributed by atoms with Crippen LogP contribution in [0.5, 0.6) is 5.75 Å². The number of halogens is 1. The smallest absolute Gasteiger partial charge is 0.227 e. The van der Waals surface area contributed by atoms with Crippen LogP contribution in [0.25, 0.3) is 0 Å². The van der Waals surface area contributed by atoms with Gasteiger partial charge in [0.15, 0.2) is 0 Å². The van der Waals surface area contributed by atoms with Crippen molar-refractivity contribution >= 4 is 17.5 Å². The Morgan fingerprint density at radius 1 is 1.39 bits per heavy atom. The van der Waals surface area contributed by atoms with Gasteiger partial charge in [-0.15, -0.1) is 0 Å². The molecule has 0 N–H and O–H groups in total. The van der Waals surface area contributed by atoms with Crippen LogP contribution in [0.2, 0.25) is 5.02 Å². The van der Waals surface area contributed by atoms with Crippen LogP contribution in [-0.2, 0) is 16.0 Å². The van der Waals surface area contributed by atoms with Gasteiger partial charge in [0.2, 0.25) is 5.91 Å². The molecule has 0 radical (unpaired) electrons. The number of carbonyl (C=O) groups excluding carboxylic acids is 1. The van der Waals surface area contributed by atoms with Crippen molar-refractivity contribution in [2.45, 2.75) is 52.1 Å². The third-order valence-corrected chi connectivity index (χ3v) is 4.41. The highest BCUT2D eigenvalue weighted by Crippen LogP contribution is 2.30. The second kappa shape index (κ2) is 8.55. The Kier molecular flexibility index (Phi) is 6.72. The lowest BCUT2D eigenvalue weighted by atomic mass is 10.0. The Labute approximate surface area is 143 Å². The zero-order valence-corrected chi connectivity index (χ0v) is 14.9. The van der Waals surface area contributed by atoms with E-state index in [0.717, 1.165) is 31.6 Å². The first-order valence-electron chi connectivity index (χ1n) is 8.33. The maximum absolute atomic E-state index is 12.9. The summed E-state index contributed by atoms with van der Waals surface area (Å²) in [5.74, 6) is 0.746. The lowest BCUT2D eigenvalue weighted by molar-refractivity contribution is -0.136. The largest absolute Gasteiger partial charge is 0.492 e. The minimum Gasteiger partial charge on any atom is -0.492 e. The van der Waals surface area contributed by atoms with E-state index in [1.807, 2.05) is 24.0 Å². The molecule has 5 heteroatoms. The second-order valence-corrected chi connectivity index (χ2v) is 6.48. The molecule has 23 heavy (non-hydrogen) atoms. The van der Waals surface area contributed by atoms with Crippen LogP contribution in [0.1, 0.15) is 39.2 Å². The molecule has 0 bridgehead atoms. The van der Waals surface area contributed by atoms with Crippen molar-refractivity contribution in [1.82, 2.24) is 4.90 Å². The minimum atomic E-state index is 0.120. The van der Waals surface area contributed by atoms with Crippen LogP contribution in [0, 0.1) is 0 Å². The van der Waals surface area contributed by atoms with Gasteiger partial charge < -0.3 is 14.4 Å². The minimum absolute atomic E-state index is 0.120. The van der Waals surface area contributed by atoms with Crippen LogP contribution in [0.4, 0.5) is 0 Å². The highest BCUT2D eigenvalue weighted by atomic mass is 35.5. The molecule has 1 amide bonds. The second-order valence-electron chi connectivity index (χ2n) is 6.08. The average molecular weight is 340 g/mol. The molecule has 1 aliphatic heterocycles. The number of hydrogen-bond acceptors (Lipinski definition) is 3. The van der Waals surface area contributed by atoms with E-state index in [9.17, 15) is 4.79 Å². The van der Waals surface area contributed by atoms with E-state index >= 15 is 0 Å². The molecule has 1 fully saturated rings. The Bertz CT molecular complexity index is 527. The fourth-order valence-corrected chi connectivity index (χ4v) is 3.38. The summed E-state index contributed by atoms with van der Waals surface area (Å²) in [6.07, 6.45) is 2.11. The van der Waals surface area contributed by atoms with Gasteiger partial charge in [0.25, 0.3) is 0 Å². The van der Waals surface area contributed by atoms with Crippen molar-refractivity contribution in [2.24, 2.45) is 0 Å². The molecular weight excluding hydrogens is 314 g/mol. The zero-order chi connectivity index (χ0) is 16.8. The normalized spacial score (nSPS) is 15.7. The lowest BCUT2D eigenvalue weighted by Gasteiger charge is -2.37. The molecule has 0 aliphatic carbocycles. The Morgan fingerprint density at radius 2 is 2.09 bits per heavy atom. The van der Waals surface area contributed by atoms with Crippen molar-refractivity contribution in [2.75, 3.05) is 19.8 Å². The highest BCUT2D eigenvalue weighted by Gasteiger charge is 2.28. The van der Waals surface area contributed by atoms with Crippen LogP contribution in [0.15, 0.2) is 18.2 Å². The SMILES string of the molecule is CCOc1c(Cl)cccc1CC(=O)N(C(C)C)C1CCOCC1. The summed E-state index contributed by atoms with van der Waals surface area (Å²) in [5.41, 5.74) is 0.849. The van der Waals surface area contributed by atoms with Gasteiger partial charge in [-0.2, -0.15) is 0 Å². The van der Waals surface area contributed by atoms with Crippen molar-refractivity contribution < 1.29 is 14.3 Å². The molecule has 1 aliphatic rings. The highest BCUT2D eigenvalue weighted by molar-refractivity contribution is 6.32. The third kappa shape index (κ3) is 4.61. The number of carbonyl (C=O) groups is 1.